The minimum Gasteiger partial charge on any atom is -0.472 e. The average Bonchev–Trinajstić information content (AvgIpc) is 3.19. The molecule has 0 atom stereocenters. The minimum atomic E-state index is 1.10. The zero-order chi connectivity index (χ0) is 13.4. The largest absolute Gasteiger partial charge is 0.472 e. The van der Waals surface area contributed by atoms with Gasteiger partial charge in [0.15, 0.2) is 0 Å². The molecule has 2 aromatic carbocycles. The number of furan rings is 2. The number of benzene rings is 2. The second-order valence-electron chi connectivity index (χ2n) is 4.73. The van der Waals surface area contributed by atoms with E-state index in [1.54, 1.807) is 25.1 Å². The van der Waals surface area contributed by atoms with Crippen molar-refractivity contribution >= 4 is 10.8 Å². The van der Waals surface area contributed by atoms with Gasteiger partial charge in [-0.3, -0.25) is 0 Å². The molecule has 0 radical (unpaired) electrons. The molecule has 0 fully saturated rings. The van der Waals surface area contributed by atoms with Gasteiger partial charge >= 0.3 is 0 Å². The van der Waals surface area contributed by atoms with E-state index in [-0.39, 0.29) is 0 Å². The molecule has 0 aliphatic carbocycles. The summed E-state index contributed by atoms with van der Waals surface area (Å²) in [5, 5.41) is 2.43. The Morgan fingerprint density at radius 2 is 1.05 bits per heavy atom. The highest BCUT2D eigenvalue weighted by atomic mass is 16.3. The highest BCUT2D eigenvalue weighted by Crippen LogP contribution is 2.35. The van der Waals surface area contributed by atoms with Crippen LogP contribution in [-0.2, 0) is 0 Å². The van der Waals surface area contributed by atoms with Crippen molar-refractivity contribution in [3.05, 3.63) is 73.6 Å². The third-order valence-electron chi connectivity index (χ3n) is 3.59. The van der Waals surface area contributed by atoms with E-state index in [0.29, 0.717) is 0 Å². The SMILES string of the molecule is c1ccc2c(-c3ccoc3)ccc(-c3ccoc3)c2c1. The molecule has 0 amide bonds. The van der Waals surface area contributed by atoms with Gasteiger partial charge in [0.05, 0.1) is 25.1 Å². The summed E-state index contributed by atoms with van der Waals surface area (Å²) in [4.78, 5) is 0. The van der Waals surface area contributed by atoms with Crippen LogP contribution in [0.5, 0.6) is 0 Å². The number of rotatable bonds is 2. The minimum absolute atomic E-state index is 1.10. The maximum Gasteiger partial charge on any atom is 0.0981 e. The Bertz CT molecular complexity index is 768. The van der Waals surface area contributed by atoms with Crippen molar-refractivity contribution < 1.29 is 8.83 Å². The van der Waals surface area contributed by atoms with Crippen LogP contribution in [0, 0.1) is 0 Å². The summed E-state index contributed by atoms with van der Waals surface area (Å²) < 4.78 is 10.4. The van der Waals surface area contributed by atoms with Gasteiger partial charge < -0.3 is 8.83 Å². The molecule has 20 heavy (non-hydrogen) atoms. The molecular weight excluding hydrogens is 248 g/mol. The Labute approximate surface area is 116 Å². The predicted octanol–water partition coefficient (Wildman–Crippen LogP) is 5.36. The first-order valence-electron chi connectivity index (χ1n) is 6.50. The highest BCUT2D eigenvalue weighted by Gasteiger charge is 2.10. The van der Waals surface area contributed by atoms with Gasteiger partial charge in [0, 0.05) is 11.1 Å². The zero-order valence-electron chi connectivity index (χ0n) is 10.7. The van der Waals surface area contributed by atoms with E-state index in [2.05, 4.69) is 36.4 Å². The van der Waals surface area contributed by atoms with Gasteiger partial charge in [0.1, 0.15) is 0 Å². The molecule has 2 nitrogen and oxygen atoms in total. The van der Waals surface area contributed by atoms with Crippen LogP contribution in [0.1, 0.15) is 0 Å². The molecule has 96 valence electrons. The summed E-state index contributed by atoms with van der Waals surface area (Å²) in [6.07, 6.45) is 6.96. The summed E-state index contributed by atoms with van der Waals surface area (Å²) >= 11 is 0. The summed E-state index contributed by atoms with van der Waals surface area (Å²) in [6, 6.07) is 16.6. The standard InChI is InChI=1S/C18H12O2/c1-2-4-18-16(14-8-10-20-12-14)6-5-15(17(18)3-1)13-7-9-19-11-13/h1-12H. The lowest BCUT2D eigenvalue weighted by Crippen LogP contribution is -1.83. The van der Waals surface area contributed by atoms with Crippen LogP contribution in [-0.4, -0.2) is 0 Å². The van der Waals surface area contributed by atoms with Crippen LogP contribution < -0.4 is 0 Å². The molecule has 4 rings (SSSR count). The predicted molar refractivity (Wildman–Crippen MR) is 79.4 cm³/mol. The van der Waals surface area contributed by atoms with Gasteiger partial charge in [0.25, 0.3) is 0 Å². The monoisotopic (exact) mass is 260 g/mol. The number of fused-ring (bicyclic) bond motifs is 1. The van der Waals surface area contributed by atoms with E-state index in [0.717, 1.165) is 11.1 Å². The van der Waals surface area contributed by atoms with Crippen molar-refractivity contribution in [2.45, 2.75) is 0 Å². The lowest BCUT2D eigenvalue weighted by molar-refractivity contribution is 0.568. The Morgan fingerprint density at radius 1 is 0.550 bits per heavy atom. The Hall–Kier alpha value is -2.74. The molecule has 0 saturated heterocycles. The molecule has 4 aromatic rings. The van der Waals surface area contributed by atoms with Crippen molar-refractivity contribution in [3.8, 4) is 22.3 Å². The fourth-order valence-corrected chi connectivity index (χ4v) is 2.64. The third-order valence-corrected chi connectivity index (χ3v) is 3.59. The number of hydrogen-bond donors (Lipinski definition) is 0. The van der Waals surface area contributed by atoms with Gasteiger partial charge in [-0.25, -0.2) is 0 Å². The summed E-state index contributed by atoms with van der Waals surface area (Å²) in [7, 11) is 0. The molecular formula is C18H12O2. The molecule has 0 aliphatic rings. The van der Waals surface area contributed by atoms with Gasteiger partial charge in [-0.05, 0) is 34.0 Å². The first-order chi connectivity index (χ1) is 9.93. The van der Waals surface area contributed by atoms with Crippen molar-refractivity contribution in [1.82, 2.24) is 0 Å². The molecule has 0 bridgehead atoms. The maximum absolute atomic E-state index is 5.21. The average molecular weight is 260 g/mol. The quantitative estimate of drug-likeness (QED) is 0.485. The Kier molecular flexibility index (Phi) is 2.46. The van der Waals surface area contributed by atoms with E-state index < -0.39 is 0 Å². The molecule has 2 aromatic heterocycles. The van der Waals surface area contributed by atoms with Crippen molar-refractivity contribution in [3.63, 3.8) is 0 Å². The Morgan fingerprint density at radius 3 is 1.45 bits per heavy atom. The molecule has 0 aliphatic heterocycles. The van der Waals surface area contributed by atoms with Crippen molar-refractivity contribution in [2.24, 2.45) is 0 Å². The maximum atomic E-state index is 5.21. The summed E-state index contributed by atoms with van der Waals surface area (Å²) in [5.74, 6) is 0. The van der Waals surface area contributed by atoms with Crippen LogP contribution >= 0.6 is 0 Å². The summed E-state index contributed by atoms with van der Waals surface area (Å²) in [6.45, 7) is 0. The van der Waals surface area contributed by atoms with E-state index in [1.165, 1.54) is 21.9 Å². The van der Waals surface area contributed by atoms with Crippen LogP contribution in [0.4, 0.5) is 0 Å². The first kappa shape index (κ1) is 11.1. The molecule has 0 N–H and O–H groups in total. The number of hydrogen-bond acceptors (Lipinski definition) is 2. The van der Waals surface area contributed by atoms with E-state index in [4.69, 9.17) is 8.83 Å². The van der Waals surface area contributed by atoms with Crippen LogP contribution in [0.3, 0.4) is 0 Å². The second-order valence-corrected chi connectivity index (χ2v) is 4.73. The smallest absolute Gasteiger partial charge is 0.0981 e. The first-order valence-corrected chi connectivity index (χ1v) is 6.50. The van der Waals surface area contributed by atoms with E-state index >= 15 is 0 Å². The van der Waals surface area contributed by atoms with Crippen LogP contribution in [0.15, 0.2) is 82.4 Å². The molecule has 0 saturated carbocycles. The molecule has 2 heteroatoms. The zero-order valence-corrected chi connectivity index (χ0v) is 10.7. The fourth-order valence-electron chi connectivity index (χ4n) is 2.64. The van der Waals surface area contributed by atoms with Crippen LogP contribution in [0.25, 0.3) is 33.0 Å². The lowest BCUT2D eigenvalue weighted by Gasteiger charge is -2.09. The van der Waals surface area contributed by atoms with E-state index in [1.807, 2.05) is 12.1 Å². The third kappa shape index (κ3) is 1.66. The molecule has 0 unspecified atom stereocenters. The van der Waals surface area contributed by atoms with Gasteiger partial charge in [-0.15, -0.1) is 0 Å². The topological polar surface area (TPSA) is 26.3 Å². The molecule has 2 heterocycles. The van der Waals surface area contributed by atoms with E-state index in [9.17, 15) is 0 Å². The van der Waals surface area contributed by atoms with Crippen molar-refractivity contribution in [1.29, 1.82) is 0 Å². The lowest BCUT2D eigenvalue weighted by atomic mass is 9.94. The Balaban J connectivity index is 2.05. The second kappa shape index (κ2) is 4.42. The fraction of sp³-hybridized carbons (Fsp3) is 0. The van der Waals surface area contributed by atoms with Crippen molar-refractivity contribution in [2.75, 3.05) is 0 Å². The highest BCUT2D eigenvalue weighted by molar-refractivity contribution is 6.04. The normalized spacial score (nSPS) is 11.0. The van der Waals surface area contributed by atoms with Crippen LogP contribution in [0.2, 0.25) is 0 Å². The van der Waals surface area contributed by atoms with Gasteiger partial charge in [0.2, 0.25) is 0 Å². The van der Waals surface area contributed by atoms with Gasteiger partial charge in [-0.1, -0.05) is 36.4 Å². The summed E-state index contributed by atoms with van der Waals surface area (Å²) in [5.41, 5.74) is 4.56. The van der Waals surface area contributed by atoms with Gasteiger partial charge in [-0.2, -0.15) is 0 Å². The molecule has 0 spiro atoms.